The van der Waals surface area contributed by atoms with Crippen molar-refractivity contribution in [2.45, 2.75) is 513 Å². The summed E-state index contributed by atoms with van der Waals surface area (Å²) in [7, 11) is 0. The molecular formula is C102H180. The number of rotatable bonds is 42. The molecule has 0 heteroatoms. The van der Waals surface area contributed by atoms with Gasteiger partial charge in [-0.2, -0.15) is 0 Å². The fourth-order valence-electron chi connectivity index (χ4n) is 18.3. The molecule has 0 atom stereocenters. The molecule has 0 spiro atoms. The van der Waals surface area contributed by atoms with E-state index in [2.05, 4.69) is 228 Å². The van der Waals surface area contributed by atoms with E-state index in [4.69, 9.17) is 0 Å². The minimum Gasteiger partial charge on any atom is -0.0654 e. The van der Waals surface area contributed by atoms with Gasteiger partial charge in [0.15, 0.2) is 0 Å². The van der Waals surface area contributed by atoms with E-state index in [0.29, 0.717) is 17.8 Å². The molecule has 0 aliphatic carbocycles. The predicted octanol–water partition coefficient (Wildman–Crippen LogP) is 32.7. The Bertz CT molecular complexity index is 2550. The van der Waals surface area contributed by atoms with E-state index in [1.54, 1.807) is 134 Å². The van der Waals surface area contributed by atoms with Crippen LogP contribution in [0.5, 0.6) is 0 Å². The summed E-state index contributed by atoms with van der Waals surface area (Å²) in [5.41, 5.74) is 41.4. The lowest BCUT2D eigenvalue weighted by Crippen LogP contribution is -2.30. The third kappa shape index (κ3) is 28.5. The van der Waals surface area contributed by atoms with Crippen molar-refractivity contribution in [2.75, 3.05) is 0 Å². The van der Waals surface area contributed by atoms with Gasteiger partial charge < -0.3 is 0 Å². The molecule has 0 bridgehead atoms. The van der Waals surface area contributed by atoms with Crippen LogP contribution in [0.1, 0.15) is 513 Å². The zero-order chi connectivity index (χ0) is 77.7. The Hall–Kier alpha value is -3.12. The van der Waals surface area contributed by atoms with Gasteiger partial charge in [-0.1, -0.05) is 285 Å². The Morgan fingerprint density at radius 1 is 0.186 bits per heavy atom. The van der Waals surface area contributed by atoms with Gasteiger partial charge in [0, 0.05) is 0 Å². The molecule has 0 unspecified atom stereocenters. The van der Waals surface area contributed by atoms with Crippen LogP contribution in [0.3, 0.4) is 0 Å². The third-order valence-electron chi connectivity index (χ3n) is 23.1. The zero-order valence-corrected chi connectivity index (χ0v) is 75.8. The lowest BCUT2D eigenvalue weighted by Gasteiger charge is -2.40. The van der Waals surface area contributed by atoms with E-state index in [9.17, 15) is 0 Å². The highest BCUT2D eigenvalue weighted by molar-refractivity contribution is 5.60. The molecule has 4 aromatic rings. The topological polar surface area (TPSA) is 0 Å². The van der Waals surface area contributed by atoms with Crippen LogP contribution in [0.2, 0.25) is 0 Å². The molecule has 0 radical (unpaired) electrons. The summed E-state index contributed by atoms with van der Waals surface area (Å²) >= 11 is 0. The fourth-order valence-corrected chi connectivity index (χ4v) is 18.3. The van der Waals surface area contributed by atoms with E-state index in [1.807, 2.05) is 0 Å². The van der Waals surface area contributed by atoms with Crippen molar-refractivity contribution in [3.63, 3.8) is 0 Å². The molecule has 588 valence electrons. The average Bonchev–Trinajstić information content (AvgIpc) is 0.734. The molecule has 4 aromatic carbocycles. The average molecular weight is 1410 g/mol. The summed E-state index contributed by atoms with van der Waals surface area (Å²) in [4.78, 5) is 0. The van der Waals surface area contributed by atoms with Gasteiger partial charge in [-0.3, -0.25) is 0 Å². The highest BCUT2D eigenvalue weighted by Crippen LogP contribution is 2.48. The summed E-state index contributed by atoms with van der Waals surface area (Å²) in [5.74, 6) is 1.87. The molecule has 0 aliphatic rings. The van der Waals surface area contributed by atoms with Crippen molar-refractivity contribution < 1.29 is 0 Å². The Kier molecular flexibility index (Phi) is 48.0. The van der Waals surface area contributed by atoms with E-state index >= 15 is 0 Å². The van der Waals surface area contributed by atoms with Gasteiger partial charge in [0.2, 0.25) is 0 Å². The fraction of sp³-hybridized carbons (Fsp3) is 0.765. The first-order chi connectivity index (χ1) is 48.3. The zero-order valence-electron chi connectivity index (χ0n) is 75.8. The van der Waals surface area contributed by atoms with E-state index in [0.717, 1.165) is 0 Å². The number of hydrogen-bond acceptors (Lipinski definition) is 0. The highest BCUT2D eigenvalue weighted by Gasteiger charge is 2.36. The van der Waals surface area contributed by atoms with Gasteiger partial charge in [0.1, 0.15) is 0 Å². The first-order valence-corrected chi connectivity index (χ1v) is 45.0. The summed E-state index contributed by atoms with van der Waals surface area (Å²) < 4.78 is 0. The second kappa shape index (κ2) is 50.5. The second-order valence-corrected chi connectivity index (χ2v) is 35.9. The van der Waals surface area contributed by atoms with Crippen LogP contribution in [0.25, 0.3) is 0 Å². The summed E-state index contributed by atoms with van der Waals surface area (Å²) in [5, 5.41) is 0. The maximum Gasteiger partial charge on any atom is -0.0126 e. The summed E-state index contributed by atoms with van der Waals surface area (Å²) in [6.07, 6.45) is 50.1. The van der Waals surface area contributed by atoms with Gasteiger partial charge in [-0.25, -0.2) is 0 Å². The van der Waals surface area contributed by atoms with Crippen molar-refractivity contribution in [1.82, 2.24) is 0 Å². The Labute approximate surface area is 642 Å². The molecule has 0 aliphatic heterocycles. The second-order valence-electron chi connectivity index (χ2n) is 35.9. The van der Waals surface area contributed by atoms with E-state index < -0.39 is 0 Å². The Balaban J connectivity index is 0.000000685. The smallest absolute Gasteiger partial charge is 0.0126 e. The van der Waals surface area contributed by atoms with E-state index in [1.165, 1.54) is 250 Å². The third-order valence-corrected chi connectivity index (χ3v) is 23.1. The molecule has 0 heterocycles. The van der Waals surface area contributed by atoms with Crippen LogP contribution in [-0.2, 0) is 113 Å². The molecular weight excluding hydrogens is 1230 g/mol. The first-order valence-electron chi connectivity index (χ1n) is 45.0. The lowest BCUT2D eigenvalue weighted by atomic mass is 9.64. The van der Waals surface area contributed by atoms with Crippen molar-refractivity contribution in [3.05, 3.63) is 134 Å². The monoisotopic (exact) mass is 1410 g/mol. The van der Waals surface area contributed by atoms with Crippen LogP contribution in [-0.4, -0.2) is 0 Å². The minimum atomic E-state index is 0.176. The number of benzene rings is 4. The van der Waals surface area contributed by atoms with Crippen molar-refractivity contribution in [2.24, 2.45) is 0 Å². The van der Waals surface area contributed by atoms with Gasteiger partial charge in [0.25, 0.3) is 0 Å². The lowest BCUT2D eigenvalue weighted by molar-refractivity contribution is 0.511. The molecule has 0 nitrogen and oxygen atoms in total. The number of unbranched alkanes of at least 4 members (excludes halogenated alkanes) is 12. The van der Waals surface area contributed by atoms with Gasteiger partial charge in [0.05, 0.1) is 0 Å². The predicted molar refractivity (Wildman–Crippen MR) is 470 cm³/mol. The Morgan fingerprint density at radius 2 is 0.324 bits per heavy atom. The highest BCUT2D eigenvalue weighted by atomic mass is 14.4. The molecule has 102 heavy (non-hydrogen) atoms. The molecule has 0 saturated carbocycles. The molecule has 0 saturated heterocycles. The number of hydrogen-bond donors (Lipinski definition) is 0. The van der Waals surface area contributed by atoms with Crippen molar-refractivity contribution in [1.29, 1.82) is 0 Å². The van der Waals surface area contributed by atoms with E-state index in [-0.39, 0.29) is 16.2 Å². The van der Waals surface area contributed by atoms with Crippen molar-refractivity contribution >= 4 is 0 Å². The summed E-state index contributed by atoms with van der Waals surface area (Å²) in [6.45, 7) is 78.9. The van der Waals surface area contributed by atoms with Crippen LogP contribution < -0.4 is 0 Å². The van der Waals surface area contributed by atoms with Crippen LogP contribution in [0.15, 0.2) is 0 Å². The first kappa shape index (κ1) is 96.9. The summed E-state index contributed by atoms with van der Waals surface area (Å²) in [6, 6.07) is 0. The maximum atomic E-state index is 2.46. The molecule has 0 fully saturated rings. The standard InChI is InChI=1S/C30H54.C27H48.C24H42.C21H36/c1-13-16-19-22-25(28(4,5)6)23(20-17-14-2)27(30(10,11)12)24(21-18-15-3)26(22)29(7,8)9;1-10-13-16-22-25(19(4)5)23(17-14-11-2)27(21(8)9)24(18-15-12-3)26(22)20(6)7;1-7-13-16-22-19(10-4)23(17-14-8-2)21(12-6)24(18-15-9-3)20(22)11-5;1-7-10-13-19-16(4)20(14-11-8-2)18(6)21(17(19)5)15-12-9-3/h13-21H2,1-12H3;19-21H,10-18H2,1-9H3;7-18H2,1-6H3;7-15H2,1-6H3. The molecule has 0 N–H and O–H groups in total. The van der Waals surface area contributed by atoms with Crippen LogP contribution in [0.4, 0.5) is 0 Å². The van der Waals surface area contributed by atoms with Gasteiger partial charge >= 0.3 is 0 Å². The Morgan fingerprint density at radius 3 is 0.451 bits per heavy atom. The largest absolute Gasteiger partial charge is 0.0654 e. The molecule has 4 rings (SSSR count). The quantitative estimate of drug-likeness (QED) is 0.0415. The van der Waals surface area contributed by atoms with Crippen molar-refractivity contribution in [3.8, 4) is 0 Å². The SMILES string of the molecule is CCCCc1c(C(C)(C)C)c(CCCC)c(C(C)(C)C)c(CCCC)c1C(C)(C)C.CCCCc1c(C(C)C)c(CCCC)c(C(C)C)c(CCCC)c1C(C)C.CCCCc1c(C)c(CCCC)c(C)c(CCCC)c1C.CCCCc1c(CC)c(CCCC)c(CC)c(CCCC)c1CC. The normalized spacial score (nSPS) is 12.0. The van der Waals surface area contributed by atoms with Gasteiger partial charge in [-0.05, 0) is 362 Å². The molecule has 0 aromatic heterocycles. The maximum absolute atomic E-state index is 2.46. The van der Waals surface area contributed by atoms with Gasteiger partial charge in [-0.15, -0.1) is 0 Å². The molecule has 0 amide bonds. The van der Waals surface area contributed by atoms with Crippen LogP contribution >= 0.6 is 0 Å². The van der Waals surface area contributed by atoms with Crippen LogP contribution in [0, 0.1) is 20.8 Å². The minimum absolute atomic E-state index is 0.176.